The summed E-state index contributed by atoms with van der Waals surface area (Å²) < 4.78 is 1.92. The van der Waals surface area contributed by atoms with Gasteiger partial charge in [0.25, 0.3) is 0 Å². The van der Waals surface area contributed by atoms with Crippen molar-refractivity contribution < 1.29 is 4.79 Å². The second-order valence-electron chi connectivity index (χ2n) is 7.64. The van der Waals surface area contributed by atoms with E-state index in [0.29, 0.717) is 5.16 Å². The van der Waals surface area contributed by atoms with Crippen LogP contribution in [0, 0.1) is 13.8 Å². The number of nitrogens with one attached hydrogen (secondary N) is 2. The SMILES string of the molecule is CCc1ccc([C@H]2Nn3c(CC)nnc3S[C@H]2C(=O)Nc2ccc(C)cc2C)cc1. The van der Waals surface area contributed by atoms with Crippen LogP contribution in [0.2, 0.25) is 0 Å². The number of hydrogen-bond acceptors (Lipinski definition) is 5. The van der Waals surface area contributed by atoms with Crippen molar-refractivity contribution in [3.8, 4) is 0 Å². The molecule has 2 heterocycles. The van der Waals surface area contributed by atoms with Crippen LogP contribution in [0.5, 0.6) is 0 Å². The number of benzene rings is 2. The van der Waals surface area contributed by atoms with Crippen LogP contribution in [0.1, 0.15) is 48.0 Å². The highest BCUT2D eigenvalue weighted by atomic mass is 32.2. The monoisotopic (exact) mass is 421 g/mol. The molecule has 0 saturated carbocycles. The fraction of sp³-hybridized carbons (Fsp3) is 0.348. The van der Waals surface area contributed by atoms with E-state index in [-0.39, 0.29) is 17.2 Å². The van der Waals surface area contributed by atoms with Gasteiger partial charge in [0.05, 0.1) is 6.04 Å². The third-order valence-electron chi connectivity index (χ3n) is 5.47. The van der Waals surface area contributed by atoms with Gasteiger partial charge in [0.1, 0.15) is 5.25 Å². The molecule has 1 aromatic heterocycles. The van der Waals surface area contributed by atoms with Crippen molar-refractivity contribution in [2.24, 2.45) is 0 Å². The Kier molecular flexibility index (Phi) is 5.81. The number of anilines is 1. The number of aromatic nitrogens is 3. The molecule has 0 aliphatic carbocycles. The van der Waals surface area contributed by atoms with Crippen molar-refractivity contribution in [3.63, 3.8) is 0 Å². The van der Waals surface area contributed by atoms with Gasteiger partial charge in [-0.1, -0.05) is 67.6 Å². The van der Waals surface area contributed by atoms with Gasteiger partial charge >= 0.3 is 0 Å². The zero-order valence-electron chi connectivity index (χ0n) is 17.8. The predicted molar refractivity (Wildman–Crippen MR) is 122 cm³/mol. The Morgan fingerprint density at radius 2 is 1.87 bits per heavy atom. The number of amides is 1. The fourth-order valence-electron chi connectivity index (χ4n) is 3.70. The summed E-state index contributed by atoms with van der Waals surface area (Å²) in [6, 6.07) is 14.3. The number of nitrogens with zero attached hydrogens (tertiary/aromatic N) is 3. The molecule has 2 atom stereocenters. The van der Waals surface area contributed by atoms with Crippen LogP contribution < -0.4 is 10.7 Å². The first-order valence-electron chi connectivity index (χ1n) is 10.3. The Morgan fingerprint density at radius 1 is 1.10 bits per heavy atom. The minimum atomic E-state index is -0.375. The number of thioether (sulfide) groups is 1. The van der Waals surface area contributed by atoms with Crippen molar-refractivity contribution >= 4 is 23.4 Å². The minimum absolute atomic E-state index is 0.0451. The van der Waals surface area contributed by atoms with Crippen LogP contribution in [0.15, 0.2) is 47.6 Å². The first-order chi connectivity index (χ1) is 14.5. The van der Waals surface area contributed by atoms with E-state index >= 15 is 0 Å². The summed E-state index contributed by atoms with van der Waals surface area (Å²) in [6.45, 7) is 8.25. The third-order valence-corrected chi connectivity index (χ3v) is 6.68. The van der Waals surface area contributed by atoms with E-state index < -0.39 is 0 Å². The van der Waals surface area contributed by atoms with E-state index in [1.807, 2.05) is 37.6 Å². The normalized spacial score (nSPS) is 17.9. The Labute approximate surface area is 181 Å². The van der Waals surface area contributed by atoms with E-state index in [4.69, 9.17) is 0 Å². The van der Waals surface area contributed by atoms with E-state index in [1.54, 1.807) is 0 Å². The molecule has 0 radical (unpaired) electrons. The molecule has 3 aromatic rings. The molecule has 1 aliphatic heterocycles. The van der Waals surface area contributed by atoms with Crippen LogP contribution in [0.4, 0.5) is 5.69 Å². The van der Waals surface area contributed by atoms with Crippen LogP contribution in [-0.2, 0) is 17.6 Å². The Balaban J connectivity index is 1.67. The molecule has 1 amide bonds. The standard InChI is InChI=1S/C23H27N5OS/c1-5-16-8-10-17(11-9-16)20-21(30-23-26-25-19(6-2)28(23)27-20)22(29)24-18-12-7-14(3)13-15(18)4/h7-13,20-21,27H,5-6H2,1-4H3,(H,24,29)/t20-,21-/m1/s1. The van der Waals surface area contributed by atoms with Gasteiger partial charge < -0.3 is 10.7 Å². The van der Waals surface area contributed by atoms with Gasteiger partial charge in [-0.3, -0.25) is 4.79 Å². The lowest BCUT2D eigenvalue weighted by molar-refractivity contribution is -0.116. The summed E-state index contributed by atoms with van der Waals surface area (Å²) in [7, 11) is 0. The van der Waals surface area contributed by atoms with Crippen molar-refractivity contribution in [3.05, 3.63) is 70.5 Å². The summed E-state index contributed by atoms with van der Waals surface area (Å²) in [5.41, 5.74) is 8.92. The molecule has 4 rings (SSSR count). The van der Waals surface area contributed by atoms with Crippen LogP contribution in [0.3, 0.4) is 0 Å². The van der Waals surface area contributed by atoms with Crippen molar-refractivity contribution in [1.29, 1.82) is 0 Å². The molecule has 7 heteroatoms. The van der Waals surface area contributed by atoms with Gasteiger partial charge in [-0.2, -0.15) is 0 Å². The lowest BCUT2D eigenvalue weighted by atomic mass is 10.0. The molecule has 0 saturated heterocycles. The summed E-state index contributed by atoms with van der Waals surface area (Å²) in [5.74, 6) is 0.817. The van der Waals surface area contributed by atoms with Crippen molar-refractivity contribution in [1.82, 2.24) is 14.9 Å². The summed E-state index contributed by atoms with van der Waals surface area (Å²) >= 11 is 1.46. The van der Waals surface area contributed by atoms with Crippen LogP contribution in [-0.4, -0.2) is 26.0 Å². The van der Waals surface area contributed by atoms with Gasteiger partial charge in [0.15, 0.2) is 5.82 Å². The number of fused-ring (bicyclic) bond motifs is 1. The molecule has 0 bridgehead atoms. The molecular weight excluding hydrogens is 394 g/mol. The Hall–Kier alpha value is -2.80. The molecule has 2 N–H and O–H groups in total. The number of rotatable bonds is 5. The topological polar surface area (TPSA) is 71.8 Å². The maximum Gasteiger partial charge on any atom is 0.240 e. The van der Waals surface area contributed by atoms with Crippen LogP contribution in [0.25, 0.3) is 0 Å². The number of carbonyl (C=O) groups is 1. The first kappa shape index (κ1) is 20.5. The predicted octanol–water partition coefficient (Wildman–Crippen LogP) is 4.42. The van der Waals surface area contributed by atoms with E-state index in [1.165, 1.54) is 22.9 Å². The highest BCUT2D eigenvalue weighted by molar-refractivity contribution is 8.00. The molecule has 0 unspecified atom stereocenters. The average Bonchev–Trinajstić information content (AvgIpc) is 3.17. The Bertz CT molecular complexity index is 1060. The molecule has 0 fully saturated rings. The molecule has 2 aromatic carbocycles. The maximum atomic E-state index is 13.4. The number of aryl methyl sites for hydroxylation is 4. The molecular formula is C23H27N5OS. The first-order valence-corrected chi connectivity index (χ1v) is 11.2. The van der Waals surface area contributed by atoms with E-state index in [2.05, 4.69) is 58.2 Å². The molecule has 1 aliphatic rings. The third kappa shape index (κ3) is 3.94. The Morgan fingerprint density at radius 3 is 2.53 bits per heavy atom. The molecule has 30 heavy (non-hydrogen) atoms. The maximum absolute atomic E-state index is 13.4. The van der Waals surface area contributed by atoms with Gasteiger partial charge in [0, 0.05) is 12.1 Å². The van der Waals surface area contributed by atoms with Gasteiger partial charge in [-0.25, -0.2) is 4.68 Å². The highest BCUT2D eigenvalue weighted by Crippen LogP contribution is 2.38. The largest absolute Gasteiger partial charge is 0.325 e. The lowest BCUT2D eigenvalue weighted by Gasteiger charge is -2.33. The molecule has 6 nitrogen and oxygen atoms in total. The fourth-order valence-corrected chi connectivity index (χ4v) is 4.79. The number of carbonyl (C=O) groups excluding carboxylic acids is 1. The zero-order valence-corrected chi connectivity index (χ0v) is 18.6. The molecule has 0 spiro atoms. The molecule has 156 valence electrons. The van der Waals surface area contributed by atoms with E-state index in [0.717, 1.165) is 35.5 Å². The minimum Gasteiger partial charge on any atom is -0.325 e. The van der Waals surface area contributed by atoms with Crippen LogP contribution >= 0.6 is 11.8 Å². The van der Waals surface area contributed by atoms with Crippen molar-refractivity contribution in [2.75, 3.05) is 10.7 Å². The second kappa shape index (κ2) is 8.52. The highest BCUT2D eigenvalue weighted by Gasteiger charge is 2.37. The van der Waals surface area contributed by atoms with Gasteiger partial charge in [-0.05, 0) is 43.0 Å². The van der Waals surface area contributed by atoms with Gasteiger partial charge in [0.2, 0.25) is 11.1 Å². The number of hydrogen-bond donors (Lipinski definition) is 2. The second-order valence-corrected chi connectivity index (χ2v) is 8.74. The van der Waals surface area contributed by atoms with Gasteiger partial charge in [-0.15, -0.1) is 10.2 Å². The zero-order chi connectivity index (χ0) is 21.3. The van der Waals surface area contributed by atoms with Crippen molar-refractivity contribution in [2.45, 2.75) is 57.0 Å². The average molecular weight is 422 g/mol. The smallest absolute Gasteiger partial charge is 0.240 e. The summed E-state index contributed by atoms with van der Waals surface area (Å²) in [6.07, 6.45) is 1.75. The summed E-state index contributed by atoms with van der Waals surface area (Å²) in [5, 5.41) is 12.0. The van der Waals surface area contributed by atoms with E-state index in [9.17, 15) is 4.79 Å². The quantitative estimate of drug-likeness (QED) is 0.638. The summed E-state index contributed by atoms with van der Waals surface area (Å²) in [4.78, 5) is 13.4. The lowest BCUT2D eigenvalue weighted by Crippen LogP contribution is -2.41.